The lowest BCUT2D eigenvalue weighted by Crippen LogP contribution is -2.31. The van der Waals surface area contributed by atoms with Crippen LogP contribution in [0.5, 0.6) is 11.5 Å². The first kappa shape index (κ1) is 27.5. The molecule has 4 aromatic rings. The van der Waals surface area contributed by atoms with E-state index in [0.717, 1.165) is 5.56 Å². The van der Waals surface area contributed by atoms with Gasteiger partial charge in [-0.25, -0.2) is 9.36 Å². The van der Waals surface area contributed by atoms with Crippen LogP contribution in [0.4, 0.5) is 4.79 Å². The quantitative estimate of drug-likeness (QED) is 0.116. The van der Waals surface area contributed by atoms with E-state index in [4.69, 9.17) is 23.9 Å². The Hall–Kier alpha value is -4.55. The number of hydrogen-bond donors (Lipinski definition) is 2. The van der Waals surface area contributed by atoms with E-state index >= 15 is 0 Å². The SMILES string of the molecule is CCOC(=N)c1ccc(C(NC(=O)OCc2ccccc2)P(=O)(Oc2ccccc2)Oc2ccccc2)cc1. The number of amides is 1. The smallest absolute Gasteiger partial charge is 0.457 e. The maximum atomic E-state index is 14.6. The maximum Gasteiger partial charge on any atom is 0.457 e. The van der Waals surface area contributed by atoms with Crippen LogP contribution in [-0.2, 0) is 20.6 Å². The molecule has 200 valence electrons. The van der Waals surface area contributed by atoms with Crippen molar-refractivity contribution in [3.8, 4) is 11.5 Å². The van der Waals surface area contributed by atoms with Gasteiger partial charge in [0.25, 0.3) is 0 Å². The van der Waals surface area contributed by atoms with Gasteiger partial charge in [0.15, 0.2) is 5.78 Å². The fraction of sp³-hybridized carbons (Fsp3) is 0.133. The number of carbonyl (C=O) groups excluding carboxylic acids is 1. The number of benzene rings is 4. The second kappa shape index (κ2) is 13.3. The van der Waals surface area contributed by atoms with Crippen molar-refractivity contribution < 1.29 is 27.9 Å². The molecule has 0 aliphatic heterocycles. The van der Waals surface area contributed by atoms with Crippen LogP contribution >= 0.6 is 7.60 Å². The van der Waals surface area contributed by atoms with E-state index in [0.29, 0.717) is 29.2 Å². The molecule has 39 heavy (non-hydrogen) atoms. The van der Waals surface area contributed by atoms with Crippen molar-refractivity contribution >= 4 is 19.6 Å². The molecule has 1 atom stereocenters. The van der Waals surface area contributed by atoms with Crippen LogP contribution < -0.4 is 14.4 Å². The van der Waals surface area contributed by atoms with Crippen LogP contribution in [0.25, 0.3) is 0 Å². The number of rotatable bonds is 11. The molecular weight excluding hydrogens is 515 g/mol. The molecule has 8 nitrogen and oxygen atoms in total. The van der Waals surface area contributed by atoms with Crippen molar-refractivity contribution in [1.82, 2.24) is 5.32 Å². The van der Waals surface area contributed by atoms with E-state index in [1.54, 1.807) is 91.9 Å². The molecule has 4 rings (SSSR count). The minimum Gasteiger partial charge on any atom is -0.478 e. The molecule has 0 aromatic heterocycles. The van der Waals surface area contributed by atoms with Crippen molar-refractivity contribution in [3.63, 3.8) is 0 Å². The van der Waals surface area contributed by atoms with Crippen LogP contribution in [0.1, 0.15) is 29.4 Å². The summed E-state index contributed by atoms with van der Waals surface area (Å²) in [5.74, 6) is -0.650. The summed E-state index contributed by atoms with van der Waals surface area (Å²) >= 11 is 0. The van der Waals surface area contributed by atoms with E-state index in [2.05, 4.69) is 5.32 Å². The zero-order valence-corrected chi connectivity index (χ0v) is 22.3. The maximum absolute atomic E-state index is 14.6. The molecule has 0 aliphatic carbocycles. The van der Waals surface area contributed by atoms with Gasteiger partial charge in [0, 0.05) is 5.56 Å². The number of ether oxygens (including phenoxy) is 2. The molecule has 1 unspecified atom stereocenters. The monoisotopic (exact) mass is 544 g/mol. The Morgan fingerprint density at radius 2 is 1.28 bits per heavy atom. The molecule has 0 saturated heterocycles. The number of nitrogens with one attached hydrogen (secondary N) is 2. The molecule has 9 heteroatoms. The van der Waals surface area contributed by atoms with Gasteiger partial charge in [-0.3, -0.25) is 5.41 Å². The third kappa shape index (κ3) is 7.72. The van der Waals surface area contributed by atoms with Crippen LogP contribution in [0, 0.1) is 5.41 Å². The molecule has 0 bridgehead atoms. The average Bonchev–Trinajstić information content (AvgIpc) is 2.96. The topological polar surface area (TPSA) is 107 Å². The Bertz CT molecular complexity index is 1350. The number of hydrogen-bond acceptors (Lipinski definition) is 7. The summed E-state index contributed by atoms with van der Waals surface area (Å²) in [6.07, 6.45) is -0.802. The predicted octanol–water partition coefficient (Wildman–Crippen LogP) is 7.32. The Labute approximate surface area is 227 Å². The lowest BCUT2D eigenvalue weighted by Gasteiger charge is -2.28. The largest absolute Gasteiger partial charge is 0.478 e. The molecule has 0 saturated carbocycles. The highest BCUT2D eigenvalue weighted by molar-refractivity contribution is 7.55. The number of carbonyl (C=O) groups is 1. The fourth-order valence-electron chi connectivity index (χ4n) is 3.65. The van der Waals surface area contributed by atoms with Gasteiger partial charge < -0.3 is 23.8 Å². The molecule has 0 radical (unpaired) electrons. The second-order valence-electron chi connectivity index (χ2n) is 8.34. The lowest BCUT2D eigenvalue weighted by molar-refractivity contribution is 0.137. The molecule has 0 fully saturated rings. The first-order chi connectivity index (χ1) is 19.0. The van der Waals surface area contributed by atoms with E-state index in [1.165, 1.54) is 0 Å². The molecular formula is C30H29N2O6P. The summed E-state index contributed by atoms with van der Waals surface area (Å²) in [5.41, 5.74) is 1.75. The molecule has 0 aliphatic rings. The Kier molecular flexibility index (Phi) is 9.38. The number of alkyl carbamates (subject to hydrolysis) is 1. The van der Waals surface area contributed by atoms with Gasteiger partial charge in [-0.1, -0.05) is 78.9 Å². The number of para-hydroxylation sites is 2. The molecule has 4 aromatic carbocycles. The minimum absolute atomic E-state index is 0.0000776. The summed E-state index contributed by atoms with van der Waals surface area (Å²) in [6.45, 7) is 2.16. The van der Waals surface area contributed by atoms with E-state index < -0.39 is 19.5 Å². The van der Waals surface area contributed by atoms with Gasteiger partial charge in [-0.05, 0) is 54.4 Å². The van der Waals surface area contributed by atoms with Gasteiger partial charge in [-0.2, -0.15) is 0 Å². The van der Waals surface area contributed by atoms with Crippen molar-refractivity contribution in [1.29, 1.82) is 5.41 Å². The molecule has 0 heterocycles. The minimum atomic E-state index is -4.19. The fourth-order valence-corrected chi connectivity index (χ4v) is 5.53. The van der Waals surface area contributed by atoms with Crippen molar-refractivity contribution in [2.45, 2.75) is 19.3 Å². The first-order valence-corrected chi connectivity index (χ1v) is 14.0. The summed E-state index contributed by atoms with van der Waals surface area (Å²) in [7, 11) is -4.19. The zero-order valence-electron chi connectivity index (χ0n) is 21.4. The summed E-state index contributed by atoms with van der Waals surface area (Å²) in [4.78, 5) is 13.0. The van der Waals surface area contributed by atoms with Crippen LogP contribution in [-0.4, -0.2) is 18.6 Å². The van der Waals surface area contributed by atoms with Gasteiger partial charge in [0.1, 0.15) is 18.1 Å². The molecule has 0 spiro atoms. The third-order valence-corrected chi connectivity index (χ3v) is 7.50. The normalized spacial score (nSPS) is 11.6. The van der Waals surface area contributed by atoms with Gasteiger partial charge in [0.2, 0.25) is 5.90 Å². The lowest BCUT2D eigenvalue weighted by atomic mass is 10.1. The van der Waals surface area contributed by atoms with Gasteiger partial charge in [-0.15, -0.1) is 0 Å². The van der Waals surface area contributed by atoms with Crippen LogP contribution in [0.2, 0.25) is 0 Å². The highest BCUT2D eigenvalue weighted by atomic mass is 31.2. The average molecular weight is 545 g/mol. The van der Waals surface area contributed by atoms with Crippen molar-refractivity contribution in [2.75, 3.05) is 6.61 Å². The first-order valence-electron chi connectivity index (χ1n) is 12.3. The van der Waals surface area contributed by atoms with E-state index in [1.807, 2.05) is 30.3 Å². The Balaban J connectivity index is 1.69. The second-order valence-corrected chi connectivity index (χ2v) is 10.3. The Morgan fingerprint density at radius 1 is 0.769 bits per heavy atom. The van der Waals surface area contributed by atoms with E-state index in [-0.39, 0.29) is 12.5 Å². The van der Waals surface area contributed by atoms with Crippen molar-refractivity contribution in [2.24, 2.45) is 0 Å². The third-order valence-electron chi connectivity index (χ3n) is 5.51. The van der Waals surface area contributed by atoms with Gasteiger partial charge >= 0.3 is 13.7 Å². The predicted molar refractivity (Wildman–Crippen MR) is 149 cm³/mol. The van der Waals surface area contributed by atoms with Crippen LogP contribution in [0.15, 0.2) is 115 Å². The summed E-state index contributed by atoms with van der Waals surface area (Å²) in [6, 6.07) is 33.0. The standard InChI is InChI=1S/C30H29N2O6P/c1-2-35-28(31)24-18-20-25(21-19-24)29(32-30(33)36-22-23-12-6-3-7-13-23)39(34,37-26-14-8-4-9-15-26)38-27-16-10-5-11-17-27/h3-21,29,31H,2,22H2,1H3,(H,32,33). The van der Waals surface area contributed by atoms with Gasteiger partial charge in [0.05, 0.1) is 6.61 Å². The zero-order chi connectivity index (χ0) is 27.5. The van der Waals surface area contributed by atoms with E-state index in [9.17, 15) is 9.36 Å². The molecule has 2 N–H and O–H groups in total. The highest BCUT2D eigenvalue weighted by Crippen LogP contribution is 2.59. The Morgan fingerprint density at radius 3 is 1.79 bits per heavy atom. The molecule has 1 amide bonds. The summed E-state index contributed by atoms with van der Waals surface area (Å²) < 4.78 is 37.3. The van der Waals surface area contributed by atoms with Crippen molar-refractivity contribution in [3.05, 3.63) is 132 Å². The highest BCUT2D eigenvalue weighted by Gasteiger charge is 2.42. The summed E-state index contributed by atoms with van der Waals surface area (Å²) in [5, 5.41) is 10.8. The van der Waals surface area contributed by atoms with Crippen LogP contribution in [0.3, 0.4) is 0 Å².